The molecule has 1 N–H and O–H groups in total. The highest BCUT2D eigenvalue weighted by atomic mass is 32.2. The Labute approximate surface area is 146 Å². The molecule has 1 amide bonds. The Morgan fingerprint density at radius 3 is 2.62 bits per heavy atom. The van der Waals surface area contributed by atoms with Crippen molar-refractivity contribution in [2.45, 2.75) is 38.1 Å². The lowest BCUT2D eigenvalue weighted by molar-refractivity contribution is -0.115. The Hall–Kier alpha value is -2.27. The van der Waals surface area contributed by atoms with Gasteiger partial charge in [-0.15, -0.1) is 0 Å². The van der Waals surface area contributed by atoms with Crippen molar-refractivity contribution in [3.63, 3.8) is 0 Å². The molecule has 24 heavy (non-hydrogen) atoms. The predicted octanol–water partition coefficient (Wildman–Crippen LogP) is 4.38. The van der Waals surface area contributed by atoms with E-state index in [9.17, 15) is 4.79 Å². The van der Waals surface area contributed by atoms with Gasteiger partial charge in [-0.2, -0.15) is 0 Å². The summed E-state index contributed by atoms with van der Waals surface area (Å²) in [5.41, 5.74) is 5.31. The molecule has 2 aromatic heterocycles. The van der Waals surface area contributed by atoms with Crippen molar-refractivity contribution in [2.75, 3.05) is 5.32 Å². The molecule has 0 saturated carbocycles. The topological polar surface area (TPSA) is 46.4 Å². The van der Waals surface area contributed by atoms with E-state index in [1.807, 2.05) is 55.8 Å². The molecule has 0 saturated heterocycles. The van der Waals surface area contributed by atoms with Gasteiger partial charge in [0.2, 0.25) is 5.91 Å². The molecule has 4 nitrogen and oxygen atoms in total. The highest BCUT2D eigenvalue weighted by Crippen LogP contribution is 2.26. The Kier molecular flexibility index (Phi) is 4.62. The number of carbonyl (C=O) groups excluding carboxylic acids is 1. The number of pyridine rings is 1. The molecule has 2 heterocycles. The van der Waals surface area contributed by atoms with Crippen LogP contribution in [-0.2, 0) is 4.79 Å². The number of hydrogen-bond acceptors (Lipinski definition) is 3. The molecule has 1 atom stereocenters. The van der Waals surface area contributed by atoms with E-state index in [2.05, 4.69) is 29.4 Å². The minimum absolute atomic E-state index is 0.0114. The van der Waals surface area contributed by atoms with E-state index in [0.717, 1.165) is 27.5 Å². The summed E-state index contributed by atoms with van der Waals surface area (Å²) in [6, 6.07) is 10.1. The average Bonchev–Trinajstić information content (AvgIpc) is 2.94. The summed E-state index contributed by atoms with van der Waals surface area (Å²) >= 11 is 1.46. The molecule has 1 aromatic carbocycles. The minimum Gasteiger partial charge on any atom is -0.325 e. The molecular weight excluding hydrogens is 318 g/mol. The number of nitrogens with one attached hydrogen (secondary N) is 1. The standard InChI is InChI=1S/C19H21N3OS/c1-12-9-13(2)17(14(3)10-12)21-18(23)15(4)24-19-20-11-16-7-5-6-8-22(16)19/h5-11,15H,1-4H3,(H,21,23)/t15-/m0/s1. The lowest BCUT2D eigenvalue weighted by atomic mass is 10.1. The van der Waals surface area contributed by atoms with Crippen molar-refractivity contribution in [1.29, 1.82) is 0 Å². The number of hydrogen-bond donors (Lipinski definition) is 1. The van der Waals surface area contributed by atoms with Gasteiger partial charge in [-0.1, -0.05) is 35.5 Å². The Morgan fingerprint density at radius 2 is 1.92 bits per heavy atom. The average molecular weight is 339 g/mol. The second-order valence-corrected chi connectivity index (χ2v) is 7.37. The van der Waals surface area contributed by atoms with Gasteiger partial charge in [0.05, 0.1) is 17.0 Å². The van der Waals surface area contributed by atoms with E-state index in [1.54, 1.807) is 0 Å². The van der Waals surface area contributed by atoms with Gasteiger partial charge in [-0.3, -0.25) is 9.20 Å². The van der Waals surface area contributed by atoms with Crippen LogP contribution in [0, 0.1) is 20.8 Å². The molecule has 0 radical (unpaired) electrons. The van der Waals surface area contributed by atoms with Gasteiger partial charge >= 0.3 is 0 Å². The molecule has 3 aromatic rings. The largest absolute Gasteiger partial charge is 0.325 e. The van der Waals surface area contributed by atoms with Crippen LogP contribution in [0.15, 0.2) is 47.9 Å². The fraction of sp³-hybridized carbons (Fsp3) is 0.263. The number of nitrogens with zero attached hydrogens (tertiary/aromatic N) is 2. The first-order valence-corrected chi connectivity index (χ1v) is 8.81. The van der Waals surface area contributed by atoms with Gasteiger partial charge < -0.3 is 5.32 Å². The summed E-state index contributed by atoms with van der Waals surface area (Å²) < 4.78 is 2.00. The fourth-order valence-corrected chi connectivity index (χ4v) is 3.70. The van der Waals surface area contributed by atoms with E-state index in [-0.39, 0.29) is 11.2 Å². The third-order valence-corrected chi connectivity index (χ3v) is 5.06. The van der Waals surface area contributed by atoms with Crippen LogP contribution in [0.2, 0.25) is 0 Å². The zero-order chi connectivity index (χ0) is 17.3. The number of rotatable bonds is 4. The summed E-state index contributed by atoms with van der Waals surface area (Å²) in [4.78, 5) is 17.0. The predicted molar refractivity (Wildman–Crippen MR) is 99.8 cm³/mol. The smallest absolute Gasteiger partial charge is 0.237 e. The molecule has 0 fully saturated rings. The van der Waals surface area contributed by atoms with Crippen LogP contribution in [0.3, 0.4) is 0 Å². The second-order valence-electron chi connectivity index (χ2n) is 6.06. The van der Waals surface area contributed by atoms with Gasteiger partial charge in [0.1, 0.15) is 0 Å². The Bertz CT molecular complexity index is 878. The molecule has 0 aliphatic heterocycles. The summed E-state index contributed by atoms with van der Waals surface area (Å²) in [5, 5.41) is 3.65. The first-order chi connectivity index (χ1) is 11.5. The Morgan fingerprint density at radius 1 is 1.21 bits per heavy atom. The quantitative estimate of drug-likeness (QED) is 0.718. The highest BCUT2D eigenvalue weighted by molar-refractivity contribution is 8.00. The van der Waals surface area contributed by atoms with E-state index >= 15 is 0 Å². The maximum atomic E-state index is 12.6. The summed E-state index contributed by atoms with van der Waals surface area (Å²) in [6.07, 6.45) is 3.78. The number of amides is 1. The SMILES string of the molecule is Cc1cc(C)c(NC(=O)[C@H](C)Sc2ncc3ccccn23)c(C)c1. The number of imidazole rings is 1. The number of anilines is 1. The first-order valence-electron chi connectivity index (χ1n) is 7.93. The van der Waals surface area contributed by atoms with Crippen LogP contribution in [0.5, 0.6) is 0 Å². The minimum atomic E-state index is -0.240. The van der Waals surface area contributed by atoms with Crippen LogP contribution in [0.4, 0.5) is 5.69 Å². The lowest BCUT2D eigenvalue weighted by Gasteiger charge is -2.15. The number of benzene rings is 1. The monoisotopic (exact) mass is 339 g/mol. The molecule has 124 valence electrons. The van der Waals surface area contributed by atoms with Gasteiger partial charge in [0.25, 0.3) is 0 Å². The fourth-order valence-electron chi connectivity index (χ4n) is 2.82. The third kappa shape index (κ3) is 3.31. The molecular formula is C19H21N3OS. The van der Waals surface area contributed by atoms with Crippen molar-refractivity contribution in [2.24, 2.45) is 0 Å². The second kappa shape index (κ2) is 6.69. The van der Waals surface area contributed by atoms with Gasteiger partial charge in [0.15, 0.2) is 5.16 Å². The zero-order valence-corrected chi connectivity index (χ0v) is 15.1. The van der Waals surface area contributed by atoms with Crippen LogP contribution in [0.25, 0.3) is 5.52 Å². The summed E-state index contributed by atoms with van der Waals surface area (Å²) in [6.45, 7) is 8.02. The van der Waals surface area contributed by atoms with Gasteiger partial charge in [0, 0.05) is 11.9 Å². The van der Waals surface area contributed by atoms with E-state index in [0.29, 0.717) is 0 Å². The maximum absolute atomic E-state index is 12.6. The van der Waals surface area contributed by atoms with Crippen molar-refractivity contribution in [3.8, 4) is 0 Å². The zero-order valence-electron chi connectivity index (χ0n) is 14.3. The number of aryl methyl sites for hydroxylation is 3. The number of carbonyl (C=O) groups is 1. The van der Waals surface area contributed by atoms with Crippen molar-refractivity contribution in [1.82, 2.24) is 9.38 Å². The molecule has 0 bridgehead atoms. The number of thioether (sulfide) groups is 1. The molecule has 0 aliphatic carbocycles. The van der Waals surface area contributed by atoms with Crippen molar-refractivity contribution < 1.29 is 4.79 Å². The third-order valence-electron chi connectivity index (χ3n) is 3.98. The number of aromatic nitrogens is 2. The van der Waals surface area contributed by atoms with Crippen LogP contribution in [0.1, 0.15) is 23.6 Å². The normalized spacial score (nSPS) is 12.3. The molecule has 0 spiro atoms. The Balaban J connectivity index is 1.76. The lowest BCUT2D eigenvalue weighted by Crippen LogP contribution is -2.23. The van der Waals surface area contributed by atoms with Crippen LogP contribution >= 0.6 is 11.8 Å². The highest BCUT2D eigenvalue weighted by Gasteiger charge is 2.18. The van der Waals surface area contributed by atoms with E-state index in [4.69, 9.17) is 0 Å². The molecule has 0 unspecified atom stereocenters. The first kappa shape index (κ1) is 16.6. The molecule has 3 rings (SSSR count). The maximum Gasteiger partial charge on any atom is 0.237 e. The van der Waals surface area contributed by atoms with E-state index in [1.165, 1.54) is 17.3 Å². The van der Waals surface area contributed by atoms with Gasteiger partial charge in [-0.25, -0.2) is 4.98 Å². The summed E-state index contributed by atoms with van der Waals surface area (Å²) in [5.74, 6) is -0.0114. The van der Waals surface area contributed by atoms with E-state index < -0.39 is 0 Å². The van der Waals surface area contributed by atoms with Crippen LogP contribution < -0.4 is 5.32 Å². The molecule has 0 aliphatic rings. The summed E-state index contributed by atoms with van der Waals surface area (Å²) in [7, 11) is 0. The number of fused-ring (bicyclic) bond motifs is 1. The molecule has 5 heteroatoms. The van der Waals surface area contributed by atoms with Crippen LogP contribution in [-0.4, -0.2) is 20.5 Å². The van der Waals surface area contributed by atoms with Gasteiger partial charge in [-0.05, 0) is 51.0 Å². The van der Waals surface area contributed by atoms with Crippen molar-refractivity contribution in [3.05, 3.63) is 59.4 Å². The van der Waals surface area contributed by atoms with Crippen molar-refractivity contribution >= 4 is 28.9 Å².